The summed E-state index contributed by atoms with van der Waals surface area (Å²) in [5, 5.41) is 3.36. The quantitative estimate of drug-likeness (QED) is 0.866. The van der Waals surface area contributed by atoms with Gasteiger partial charge in [0.1, 0.15) is 5.69 Å². The van der Waals surface area contributed by atoms with Crippen LogP contribution in [0.25, 0.3) is 0 Å². The highest BCUT2D eigenvalue weighted by molar-refractivity contribution is 6.31. The number of aromatic nitrogens is 1. The van der Waals surface area contributed by atoms with Crippen LogP contribution in [0, 0.1) is 0 Å². The van der Waals surface area contributed by atoms with Gasteiger partial charge in [-0.05, 0) is 12.1 Å². The summed E-state index contributed by atoms with van der Waals surface area (Å²) in [5.41, 5.74) is 0.260. The number of nitrogens with zero attached hydrogens (tertiary/aromatic N) is 1. The summed E-state index contributed by atoms with van der Waals surface area (Å²) in [6.45, 7) is 3.66. The van der Waals surface area contributed by atoms with Crippen molar-refractivity contribution >= 4 is 29.1 Å². The Morgan fingerprint density at radius 3 is 2.93 bits per heavy atom. The van der Waals surface area contributed by atoms with E-state index in [0.717, 1.165) is 0 Å². The predicted octanol–water partition coefficient (Wildman–Crippen LogP) is 2.22. The number of hydrogen-bond donors (Lipinski definition) is 1. The van der Waals surface area contributed by atoms with Crippen molar-refractivity contribution < 1.29 is 4.79 Å². The fourth-order valence-electron chi connectivity index (χ4n) is 0.796. The highest BCUT2D eigenvalue weighted by atomic mass is 35.5. The second kappa shape index (κ2) is 4.98. The van der Waals surface area contributed by atoms with Gasteiger partial charge in [-0.25, -0.2) is 0 Å². The van der Waals surface area contributed by atoms with Crippen molar-refractivity contribution in [3.05, 3.63) is 40.7 Å². The average molecular weight is 231 g/mol. The van der Waals surface area contributed by atoms with Crippen molar-refractivity contribution in [3.63, 3.8) is 0 Å². The first-order valence-electron chi connectivity index (χ1n) is 3.82. The van der Waals surface area contributed by atoms with Crippen molar-refractivity contribution in [1.29, 1.82) is 0 Å². The summed E-state index contributed by atoms with van der Waals surface area (Å²) in [4.78, 5) is 15.2. The normalized spacial score (nSPS) is 9.57. The Kier molecular flexibility index (Phi) is 3.92. The summed E-state index contributed by atoms with van der Waals surface area (Å²) in [6, 6.07) is 3.08. The molecule has 5 heteroatoms. The van der Waals surface area contributed by atoms with E-state index in [1.165, 1.54) is 12.3 Å². The smallest absolute Gasteiger partial charge is 0.270 e. The number of nitrogens with one attached hydrogen (secondary N) is 1. The number of amides is 1. The van der Waals surface area contributed by atoms with Gasteiger partial charge in [0.2, 0.25) is 0 Å². The van der Waals surface area contributed by atoms with Crippen molar-refractivity contribution in [2.24, 2.45) is 0 Å². The molecule has 0 spiro atoms. The molecule has 1 rings (SSSR count). The van der Waals surface area contributed by atoms with E-state index in [9.17, 15) is 4.79 Å². The molecule has 0 saturated carbocycles. The van der Waals surface area contributed by atoms with Crippen molar-refractivity contribution in [3.8, 4) is 0 Å². The number of carbonyl (C=O) groups excluding carboxylic acids is 1. The fourth-order valence-corrected chi connectivity index (χ4v) is 1.02. The topological polar surface area (TPSA) is 42.0 Å². The zero-order valence-corrected chi connectivity index (χ0v) is 8.77. The van der Waals surface area contributed by atoms with E-state index >= 15 is 0 Å². The first-order valence-corrected chi connectivity index (χ1v) is 4.58. The highest BCUT2D eigenvalue weighted by Gasteiger charge is 2.06. The van der Waals surface area contributed by atoms with Gasteiger partial charge in [-0.15, -0.1) is 0 Å². The molecule has 1 N–H and O–H groups in total. The van der Waals surface area contributed by atoms with Crippen LogP contribution in [-0.4, -0.2) is 17.4 Å². The molecule has 1 aromatic heterocycles. The minimum Gasteiger partial charge on any atom is -0.346 e. The lowest BCUT2D eigenvalue weighted by molar-refractivity contribution is 0.0952. The Balaban J connectivity index is 2.65. The molecule has 74 valence electrons. The van der Waals surface area contributed by atoms with Crippen LogP contribution in [-0.2, 0) is 0 Å². The van der Waals surface area contributed by atoms with Gasteiger partial charge in [0.05, 0.1) is 6.54 Å². The van der Waals surface area contributed by atoms with E-state index < -0.39 is 0 Å². The van der Waals surface area contributed by atoms with Gasteiger partial charge in [-0.3, -0.25) is 9.78 Å². The molecule has 1 heterocycles. The first-order chi connectivity index (χ1) is 6.59. The van der Waals surface area contributed by atoms with E-state index in [-0.39, 0.29) is 18.1 Å². The number of halogens is 2. The summed E-state index contributed by atoms with van der Waals surface area (Å²) in [7, 11) is 0. The summed E-state index contributed by atoms with van der Waals surface area (Å²) < 4.78 is 0. The molecule has 0 atom stereocenters. The molecular weight excluding hydrogens is 223 g/mol. The second-order valence-electron chi connectivity index (χ2n) is 2.56. The van der Waals surface area contributed by atoms with Gasteiger partial charge in [0, 0.05) is 16.3 Å². The lowest BCUT2D eigenvalue weighted by Crippen LogP contribution is -2.25. The second-order valence-corrected chi connectivity index (χ2v) is 3.53. The largest absolute Gasteiger partial charge is 0.346 e. The third-order valence-electron chi connectivity index (χ3n) is 1.40. The molecule has 1 aromatic rings. The van der Waals surface area contributed by atoms with E-state index in [1.807, 2.05) is 0 Å². The van der Waals surface area contributed by atoms with Crippen LogP contribution in [0.5, 0.6) is 0 Å². The average Bonchev–Trinajstić information content (AvgIpc) is 2.14. The van der Waals surface area contributed by atoms with Crippen molar-refractivity contribution in [2.75, 3.05) is 6.54 Å². The number of pyridine rings is 1. The van der Waals surface area contributed by atoms with Crippen LogP contribution in [0.3, 0.4) is 0 Å². The Bertz CT molecular complexity index is 366. The standard InChI is InChI=1S/C9H8Cl2N2O/c1-6(10)5-13-9(14)8-4-7(11)2-3-12-8/h2-4H,1,5H2,(H,13,14). The molecule has 0 unspecified atom stereocenters. The van der Waals surface area contributed by atoms with E-state index in [0.29, 0.717) is 10.1 Å². The zero-order chi connectivity index (χ0) is 10.6. The minimum atomic E-state index is -0.325. The SMILES string of the molecule is C=C(Cl)CNC(=O)c1cc(Cl)ccn1. The maximum absolute atomic E-state index is 11.4. The Hall–Kier alpha value is -1.06. The van der Waals surface area contributed by atoms with Crippen molar-refractivity contribution in [1.82, 2.24) is 10.3 Å². The molecule has 0 aliphatic heterocycles. The Morgan fingerprint density at radius 2 is 2.36 bits per heavy atom. The van der Waals surface area contributed by atoms with Gasteiger partial charge in [-0.2, -0.15) is 0 Å². The molecule has 1 amide bonds. The van der Waals surface area contributed by atoms with E-state index in [1.54, 1.807) is 6.07 Å². The summed E-state index contributed by atoms with van der Waals surface area (Å²) in [5.74, 6) is -0.325. The fraction of sp³-hybridized carbons (Fsp3) is 0.111. The van der Waals surface area contributed by atoms with E-state index in [4.69, 9.17) is 23.2 Å². The van der Waals surface area contributed by atoms with Gasteiger partial charge in [0.15, 0.2) is 0 Å². The van der Waals surface area contributed by atoms with Crippen LogP contribution >= 0.6 is 23.2 Å². The van der Waals surface area contributed by atoms with Crippen LogP contribution < -0.4 is 5.32 Å². The summed E-state index contributed by atoms with van der Waals surface area (Å²) in [6.07, 6.45) is 1.47. The molecule has 0 saturated heterocycles. The number of hydrogen-bond acceptors (Lipinski definition) is 2. The summed E-state index contributed by atoms with van der Waals surface area (Å²) >= 11 is 11.2. The number of rotatable bonds is 3. The van der Waals surface area contributed by atoms with Crippen molar-refractivity contribution in [2.45, 2.75) is 0 Å². The van der Waals surface area contributed by atoms with Gasteiger partial charge in [0.25, 0.3) is 5.91 Å². The van der Waals surface area contributed by atoms with Crippen LogP contribution in [0.2, 0.25) is 5.02 Å². The maximum atomic E-state index is 11.4. The molecule has 0 bridgehead atoms. The van der Waals surface area contributed by atoms with Crippen LogP contribution in [0.15, 0.2) is 29.9 Å². The molecule has 0 aliphatic carbocycles. The minimum absolute atomic E-state index is 0.217. The molecule has 0 aliphatic rings. The molecular formula is C9H8Cl2N2O. The highest BCUT2D eigenvalue weighted by Crippen LogP contribution is 2.07. The molecule has 0 aromatic carbocycles. The third kappa shape index (κ3) is 3.36. The predicted molar refractivity (Wildman–Crippen MR) is 56.6 cm³/mol. The monoisotopic (exact) mass is 230 g/mol. The Labute approximate surface area is 91.7 Å². The third-order valence-corrected chi connectivity index (χ3v) is 1.76. The number of carbonyl (C=O) groups is 1. The Morgan fingerprint density at radius 1 is 1.64 bits per heavy atom. The molecule has 0 radical (unpaired) electrons. The zero-order valence-electron chi connectivity index (χ0n) is 7.26. The van der Waals surface area contributed by atoms with Gasteiger partial charge >= 0.3 is 0 Å². The van der Waals surface area contributed by atoms with Gasteiger partial charge < -0.3 is 5.32 Å². The van der Waals surface area contributed by atoms with Gasteiger partial charge in [-0.1, -0.05) is 29.8 Å². The van der Waals surface area contributed by atoms with E-state index in [2.05, 4.69) is 16.9 Å². The molecule has 0 fully saturated rings. The molecule has 3 nitrogen and oxygen atoms in total. The molecule has 14 heavy (non-hydrogen) atoms. The van der Waals surface area contributed by atoms with Crippen LogP contribution in [0.4, 0.5) is 0 Å². The lowest BCUT2D eigenvalue weighted by Gasteiger charge is -2.02. The van der Waals surface area contributed by atoms with Crippen LogP contribution in [0.1, 0.15) is 10.5 Å². The maximum Gasteiger partial charge on any atom is 0.270 e. The lowest BCUT2D eigenvalue weighted by atomic mass is 10.3. The first kappa shape index (κ1) is 11.0.